The predicted molar refractivity (Wildman–Crippen MR) is 110 cm³/mol. The van der Waals surface area contributed by atoms with Crippen molar-refractivity contribution < 1.29 is 18.7 Å². The molecule has 0 aliphatic heterocycles. The van der Waals surface area contributed by atoms with E-state index in [4.69, 9.17) is 4.74 Å². The zero-order valence-corrected chi connectivity index (χ0v) is 17.4. The summed E-state index contributed by atoms with van der Waals surface area (Å²) in [4.78, 5) is 24.0. The molecule has 0 atom stereocenters. The monoisotopic (exact) mass is 450 g/mol. The number of carbonyl (C=O) groups excluding carboxylic acids is 2. The summed E-state index contributed by atoms with van der Waals surface area (Å²) in [6.07, 6.45) is 2.61. The summed E-state index contributed by atoms with van der Waals surface area (Å²) in [5, 5.41) is 5.31. The first-order valence-electron chi connectivity index (χ1n) is 9.21. The predicted octanol–water partition coefficient (Wildman–Crippen LogP) is 3.86. The number of hydrogen-bond donors (Lipinski definition) is 2. The summed E-state index contributed by atoms with van der Waals surface area (Å²) in [5.41, 5.74) is 1.37. The molecule has 28 heavy (non-hydrogen) atoms. The molecule has 0 aliphatic carbocycles. The molecule has 0 bridgehead atoms. The molecule has 150 valence electrons. The molecule has 2 rings (SSSR count). The van der Waals surface area contributed by atoms with Gasteiger partial charge in [-0.1, -0.05) is 19.4 Å². The van der Waals surface area contributed by atoms with Crippen LogP contribution in [0.15, 0.2) is 46.9 Å². The van der Waals surface area contributed by atoms with E-state index in [1.54, 1.807) is 36.4 Å². The van der Waals surface area contributed by atoms with E-state index in [0.717, 1.165) is 24.2 Å². The number of unbranched alkanes of at least 4 members (excludes halogenated alkanes) is 1. The van der Waals surface area contributed by atoms with E-state index in [9.17, 15) is 14.0 Å². The molecule has 2 aromatic rings. The van der Waals surface area contributed by atoms with Crippen LogP contribution in [0, 0.1) is 5.82 Å². The SMILES string of the molecule is CCCCOc1ccc(C(=O)NCC(=O)NCCc2ccc(F)c(Br)c2)cc1. The highest BCUT2D eigenvalue weighted by molar-refractivity contribution is 9.10. The lowest BCUT2D eigenvalue weighted by atomic mass is 10.1. The highest BCUT2D eigenvalue weighted by Gasteiger charge is 2.08. The van der Waals surface area contributed by atoms with Gasteiger partial charge in [-0.15, -0.1) is 0 Å². The van der Waals surface area contributed by atoms with Gasteiger partial charge in [0.2, 0.25) is 5.91 Å². The average molecular weight is 451 g/mol. The van der Waals surface area contributed by atoms with Crippen LogP contribution in [0.4, 0.5) is 4.39 Å². The van der Waals surface area contributed by atoms with Gasteiger partial charge in [-0.25, -0.2) is 4.39 Å². The van der Waals surface area contributed by atoms with Gasteiger partial charge in [0.1, 0.15) is 11.6 Å². The molecule has 5 nitrogen and oxygen atoms in total. The molecule has 0 saturated heterocycles. The van der Waals surface area contributed by atoms with Gasteiger partial charge >= 0.3 is 0 Å². The minimum absolute atomic E-state index is 0.110. The van der Waals surface area contributed by atoms with Crippen molar-refractivity contribution in [3.63, 3.8) is 0 Å². The summed E-state index contributed by atoms with van der Waals surface area (Å²) in [5.74, 6) is -0.210. The number of amides is 2. The van der Waals surface area contributed by atoms with Gasteiger partial charge in [0.05, 0.1) is 17.6 Å². The number of halogens is 2. The van der Waals surface area contributed by atoms with E-state index in [2.05, 4.69) is 33.5 Å². The third-order valence-corrected chi connectivity index (χ3v) is 4.62. The van der Waals surface area contributed by atoms with Crippen LogP contribution in [-0.4, -0.2) is 31.5 Å². The quantitative estimate of drug-likeness (QED) is 0.540. The van der Waals surface area contributed by atoms with Gasteiger partial charge in [0.15, 0.2) is 0 Å². The second-order valence-corrected chi connectivity index (χ2v) is 7.11. The van der Waals surface area contributed by atoms with E-state index in [0.29, 0.717) is 29.6 Å². The van der Waals surface area contributed by atoms with Crippen LogP contribution in [0.1, 0.15) is 35.7 Å². The minimum Gasteiger partial charge on any atom is -0.494 e. The molecule has 0 saturated carbocycles. The Kier molecular flexibility index (Phi) is 8.94. The highest BCUT2D eigenvalue weighted by Crippen LogP contribution is 2.17. The first-order chi connectivity index (χ1) is 13.5. The Morgan fingerprint density at radius 3 is 2.54 bits per heavy atom. The van der Waals surface area contributed by atoms with Crippen LogP contribution in [0.3, 0.4) is 0 Å². The number of ether oxygens (including phenoxy) is 1. The van der Waals surface area contributed by atoms with Gasteiger partial charge in [-0.2, -0.15) is 0 Å². The average Bonchev–Trinajstić information content (AvgIpc) is 2.69. The van der Waals surface area contributed by atoms with Crippen LogP contribution in [0.2, 0.25) is 0 Å². The van der Waals surface area contributed by atoms with Crippen LogP contribution in [0.5, 0.6) is 5.75 Å². The lowest BCUT2D eigenvalue weighted by molar-refractivity contribution is -0.120. The third-order valence-electron chi connectivity index (χ3n) is 4.01. The molecule has 0 unspecified atom stereocenters. The van der Waals surface area contributed by atoms with Gasteiger partial charge < -0.3 is 15.4 Å². The van der Waals surface area contributed by atoms with Crippen molar-refractivity contribution in [3.8, 4) is 5.75 Å². The van der Waals surface area contributed by atoms with E-state index in [-0.39, 0.29) is 24.2 Å². The van der Waals surface area contributed by atoms with Crippen LogP contribution >= 0.6 is 15.9 Å². The zero-order valence-electron chi connectivity index (χ0n) is 15.8. The zero-order chi connectivity index (χ0) is 20.4. The largest absolute Gasteiger partial charge is 0.494 e. The first-order valence-corrected chi connectivity index (χ1v) is 10.0. The summed E-state index contributed by atoms with van der Waals surface area (Å²) in [7, 11) is 0. The number of carbonyl (C=O) groups is 2. The minimum atomic E-state index is -0.323. The first kappa shape index (κ1) is 21.9. The van der Waals surface area contributed by atoms with Crippen molar-refractivity contribution in [2.24, 2.45) is 0 Å². The summed E-state index contributed by atoms with van der Waals surface area (Å²) < 4.78 is 19.1. The van der Waals surface area contributed by atoms with Crippen LogP contribution < -0.4 is 15.4 Å². The van der Waals surface area contributed by atoms with Crippen molar-refractivity contribution in [2.75, 3.05) is 19.7 Å². The Bertz CT molecular complexity index is 797. The summed E-state index contributed by atoms with van der Waals surface area (Å²) >= 11 is 3.13. The lowest BCUT2D eigenvalue weighted by Crippen LogP contribution is -2.37. The Morgan fingerprint density at radius 1 is 1.11 bits per heavy atom. The van der Waals surface area contributed by atoms with Gasteiger partial charge in [-0.3, -0.25) is 9.59 Å². The molecule has 0 aromatic heterocycles. The molecular formula is C21H24BrFN2O3. The van der Waals surface area contributed by atoms with Crippen molar-refractivity contribution in [1.82, 2.24) is 10.6 Å². The van der Waals surface area contributed by atoms with Gasteiger partial charge in [0.25, 0.3) is 5.91 Å². The fraction of sp³-hybridized carbons (Fsp3) is 0.333. The molecular weight excluding hydrogens is 427 g/mol. The van der Waals surface area contributed by atoms with E-state index < -0.39 is 0 Å². The molecule has 0 radical (unpaired) electrons. The van der Waals surface area contributed by atoms with Crippen molar-refractivity contribution >= 4 is 27.7 Å². The third kappa shape index (κ3) is 7.31. The van der Waals surface area contributed by atoms with Crippen molar-refractivity contribution in [1.29, 1.82) is 0 Å². The molecule has 0 aliphatic rings. The normalized spacial score (nSPS) is 10.4. The Hall–Kier alpha value is -2.41. The van der Waals surface area contributed by atoms with E-state index in [1.807, 2.05) is 0 Å². The number of hydrogen-bond acceptors (Lipinski definition) is 3. The standard InChI is InChI=1S/C21H24BrFN2O3/c1-2-3-12-28-17-7-5-16(6-8-17)21(27)25-14-20(26)24-11-10-15-4-9-19(23)18(22)13-15/h4-9,13H,2-3,10-12,14H2,1H3,(H,24,26)(H,25,27). The maximum Gasteiger partial charge on any atom is 0.251 e. The number of benzene rings is 2. The molecule has 2 N–H and O–H groups in total. The summed E-state index contributed by atoms with van der Waals surface area (Å²) in [6, 6.07) is 11.5. The molecule has 2 aromatic carbocycles. The summed E-state index contributed by atoms with van der Waals surface area (Å²) in [6.45, 7) is 3.03. The maximum absolute atomic E-state index is 13.2. The number of nitrogens with one attached hydrogen (secondary N) is 2. The molecule has 2 amide bonds. The van der Waals surface area contributed by atoms with Gasteiger partial charge in [0, 0.05) is 12.1 Å². The molecule has 0 spiro atoms. The Labute approximate surface area is 172 Å². The number of rotatable bonds is 10. The lowest BCUT2D eigenvalue weighted by Gasteiger charge is -2.09. The van der Waals surface area contributed by atoms with Gasteiger partial charge in [-0.05, 0) is 70.7 Å². The van der Waals surface area contributed by atoms with Crippen molar-refractivity contribution in [3.05, 3.63) is 63.9 Å². The second-order valence-electron chi connectivity index (χ2n) is 6.26. The maximum atomic E-state index is 13.2. The van der Waals surface area contributed by atoms with Crippen LogP contribution in [0.25, 0.3) is 0 Å². The van der Waals surface area contributed by atoms with Crippen LogP contribution in [-0.2, 0) is 11.2 Å². The van der Waals surface area contributed by atoms with Crippen molar-refractivity contribution in [2.45, 2.75) is 26.2 Å². The molecule has 7 heteroatoms. The topological polar surface area (TPSA) is 67.4 Å². The fourth-order valence-electron chi connectivity index (χ4n) is 2.40. The highest BCUT2D eigenvalue weighted by atomic mass is 79.9. The Balaban J connectivity index is 1.69. The van der Waals surface area contributed by atoms with E-state index in [1.165, 1.54) is 6.07 Å². The molecule has 0 heterocycles. The second kappa shape index (κ2) is 11.4. The fourth-order valence-corrected chi connectivity index (χ4v) is 2.83. The molecule has 0 fully saturated rings. The van der Waals surface area contributed by atoms with E-state index >= 15 is 0 Å². The smallest absolute Gasteiger partial charge is 0.251 e. The Morgan fingerprint density at radius 2 is 1.86 bits per heavy atom.